The second-order valence-electron chi connectivity index (χ2n) is 17.6. The molecule has 16 nitrogen and oxygen atoms in total. The van der Waals surface area contributed by atoms with Crippen LogP contribution in [0.25, 0.3) is 10.9 Å². The molecule has 4 bridgehead atoms. The molecule has 2 aromatic rings. The van der Waals surface area contributed by atoms with Crippen LogP contribution >= 0.6 is 0 Å². The predicted molar refractivity (Wildman–Crippen MR) is 219 cm³/mol. The van der Waals surface area contributed by atoms with Gasteiger partial charge < -0.3 is 40.2 Å². The minimum absolute atomic E-state index is 0.0245. The highest BCUT2D eigenvalue weighted by molar-refractivity contribution is 7.91. The number of anilines is 1. The number of aliphatic hydroxyl groups excluding tert-OH is 1. The van der Waals surface area contributed by atoms with Crippen molar-refractivity contribution in [3.8, 4) is 11.5 Å². The molecule has 5 N–H and O–H groups in total. The average Bonchev–Trinajstić information content (AvgIpc) is 4.14. The fourth-order valence-corrected chi connectivity index (χ4v) is 10.2. The molecule has 5 atom stereocenters. The normalized spacial score (nSPS) is 27.7. The summed E-state index contributed by atoms with van der Waals surface area (Å²) in [4.78, 5) is 62.9. The Morgan fingerprint density at radius 1 is 1.12 bits per heavy atom. The van der Waals surface area contributed by atoms with E-state index < -0.39 is 74.1 Å². The van der Waals surface area contributed by atoms with Gasteiger partial charge in [-0.05, 0) is 74.3 Å². The molecule has 0 radical (unpaired) electrons. The lowest BCUT2D eigenvalue weighted by atomic mass is 9.83. The van der Waals surface area contributed by atoms with Gasteiger partial charge in [-0.25, -0.2) is 18.2 Å². The Morgan fingerprint density at radius 3 is 2.56 bits per heavy atom. The van der Waals surface area contributed by atoms with E-state index in [1.165, 1.54) is 11.0 Å². The number of nitrogens with zero attached hydrogens (tertiary/aromatic N) is 2. The summed E-state index contributed by atoms with van der Waals surface area (Å²) in [7, 11) is -2.32. The van der Waals surface area contributed by atoms with Crippen LogP contribution < -0.4 is 30.1 Å². The van der Waals surface area contributed by atoms with Gasteiger partial charge >= 0.3 is 6.09 Å². The SMILES string of the molecule is C=C[C@H]1C[C@]1(NC(=O)[C@@H]1C[C@@H]2CN1C(=O)[C@H](C1CCCCC1)NC(=O)OCC(C)(C)CCCc1cc3c(cc(NCCO)nc3cc1OC)O2)C(=O)NS(=O)(=O)C1CC1. The monoisotopic (exact) mass is 838 g/mol. The molecule has 4 amide bonds. The standard InChI is InChI=1S/C42H58N6O10S/c1-5-27-22-42(27,39(52)47-59(54,55)29-13-14-29)46-37(50)32-19-28-23-48(32)38(51)36(25-10-7-6-8-11-25)45-40(53)57-24-41(2,3)15-9-12-26-18-30-31(20-33(26)56-4)44-35(43-16-17-49)21-34(30)58-28/h5,18,20-21,25,27-29,32,36,49H,1,6-17,19,22-24H2,2-4H3,(H,43,44)(H,45,53)(H,46,50)(H,47,52)/t27-,28+,32-,36-,42+/m0/s1. The number of carbonyl (C=O) groups excluding carboxylic acids is 4. The van der Waals surface area contributed by atoms with Crippen LogP contribution in [-0.4, -0.2) is 110 Å². The molecule has 0 spiro atoms. The van der Waals surface area contributed by atoms with Gasteiger partial charge in [0.25, 0.3) is 5.91 Å². The van der Waals surface area contributed by atoms with Crippen LogP contribution in [0.5, 0.6) is 11.5 Å². The van der Waals surface area contributed by atoms with Crippen molar-refractivity contribution in [3.63, 3.8) is 0 Å². The number of aromatic nitrogens is 1. The van der Waals surface area contributed by atoms with Gasteiger partial charge in [0, 0.05) is 36.4 Å². The van der Waals surface area contributed by atoms with Crippen molar-refractivity contribution in [2.24, 2.45) is 17.3 Å². The van der Waals surface area contributed by atoms with Crippen molar-refractivity contribution in [3.05, 3.63) is 36.4 Å². The van der Waals surface area contributed by atoms with E-state index in [-0.39, 0.29) is 45.1 Å². The first-order valence-electron chi connectivity index (χ1n) is 20.9. The molecule has 7 rings (SSSR count). The van der Waals surface area contributed by atoms with E-state index in [1.54, 1.807) is 13.2 Å². The Bertz CT molecular complexity index is 2070. The van der Waals surface area contributed by atoms with Gasteiger partial charge in [-0.1, -0.05) is 39.2 Å². The molecule has 322 valence electrons. The summed E-state index contributed by atoms with van der Waals surface area (Å²) < 4.78 is 46.2. The summed E-state index contributed by atoms with van der Waals surface area (Å²) in [6.07, 6.45) is 7.45. The number of carbonyl (C=O) groups is 4. The molecule has 3 aliphatic carbocycles. The third-order valence-corrected chi connectivity index (χ3v) is 14.4. The van der Waals surface area contributed by atoms with Gasteiger partial charge in [0.15, 0.2) is 0 Å². The summed E-state index contributed by atoms with van der Waals surface area (Å²) in [6, 6.07) is 3.41. The van der Waals surface area contributed by atoms with Crippen LogP contribution in [0.1, 0.15) is 90.0 Å². The number of sulfonamides is 1. The lowest BCUT2D eigenvalue weighted by Gasteiger charge is -2.35. The van der Waals surface area contributed by atoms with Gasteiger partial charge in [0.1, 0.15) is 41.0 Å². The van der Waals surface area contributed by atoms with E-state index in [9.17, 15) is 32.7 Å². The molecule has 0 unspecified atom stereocenters. The minimum Gasteiger partial charge on any atom is -0.496 e. The maximum atomic E-state index is 15.0. The maximum Gasteiger partial charge on any atom is 0.407 e. The molecule has 4 fully saturated rings. The number of amides is 4. The van der Waals surface area contributed by atoms with Gasteiger partial charge in [-0.2, -0.15) is 0 Å². The number of nitrogens with one attached hydrogen (secondary N) is 4. The van der Waals surface area contributed by atoms with Crippen molar-refractivity contribution in [1.82, 2.24) is 25.2 Å². The lowest BCUT2D eigenvalue weighted by Crippen LogP contribution is -2.59. The van der Waals surface area contributed by atoms with Crippen molar-refractivity contribution in [1.29, 1.82) is 0 Å². The zero-order valence-electron chi connectivity index (χ0n) is 34.2. The minimum atomic E-state index is -3.92. The molecule has 1 saturated heterocycles. The van der Waals surface area contributed by atoms with Crippen LogP contribution in [0.3, 0.4) is 0 Å². The molecule has 59 heavy (non-hydrogen) atoms. The van der Waals surface area contributed by atoms with Crippen molar-refractivity contribution >= 4 is 50.6 Å². The van der Waals surface area contributed by atoms with Gasteiger partial charge in [0.05, 0.1) is 37.6 Å². The number of hydrogen-bond donors (Lipinski definition) is 5. The smallest absolute Gasteiger partial charge is 0.407 e. The van der Waals surface area contributed by atoms with Gasteiger partial charge in [-0.3, -0.25) is 19.1 Å². The summed E-state index contributed by atoms with van der Waals surface area (Å²) >= 11 is 0. The number of hydrogen-bond acceptors (Lipinski definition) is 12. The summed E-state index contributed by atoms with van der Waals surface area (Å²) in [5, 5.41) is 18.5. The van der Waals surface area contributed by atoms with Crippen LogP contribution in [0.4, 0.5) is 10.6 Å². The molecule has 1 aromatic heterocycles. The number of fused-ring (bicyclic) bond motifs is 3. The molecular weight excluding hydrogens is 781 g/mol. The maximum absolute atomic E-state index is 15.0. The molecule has 17 heteroatoms. The Kier molecular flexibility index (Phi) is 12.3. The first-order valence-corrected chi connectivity index (χ1v) is 22.5. The Morgan fingerprint density at radius 2 is 1.88 bits per heavy atom. The number of benzene rings is 1. The number of ether oxygens (including phenoxy) is 3. The Balaban J connectivity index is 1.27. The number of aliphatic hydroxyl groups is 1. The highest BCUT2D eigenvalue weighted by atomic mass is 32.2. The number of alkyl carbamates (subject to hydrolysis) is 1. The second kappa shape index (κ2) is 17.1. The van der Waals surface area contributed by atoms with E-state index >= 15 is 0 Å². The number of methoxy groups -OCH3 is 1. The molecule has 5 aliphatic rings. The van der Waals surface area contributed by atoms with Crippen molar-refractivity contribution < 1.29 is 46.9 Å². The number of aryl methyl sites for hydroxylation is 1. The Labute approximate surface area is 345 Å². The van der Waals surface area contributed by atoms with E-state index in [2.05, 4.69) is 27.3 Å². The summed E-state index contributed by atoms with van der Waals surface area (Å²) in [5.41, 5.74) is -0.465. The zero-order chi connectivity index (χ0) is 42.1. The quantitative estimate of drug-likeness (QED) is 0.205. The first-order chi connectivity index (χ1) is 28.2. The van der Waals surface area contributed by atoms with E-state index in [0.717, 1.165) is 37.7 Å². The van der Waals surface area contributed by atoms with Gasteiger partial charge in [-0.15, -0.1) is 6.58 Å². The molecular formula is C42H58N6O10S. The average molecular weight is 839 g/mol. The fourth-order valence-electron chi connectivity index (χ4n) is 8.89. The largest absolute Gasteiger partial charge is 0.496 e. The van der Waals surface area contributed by atoms with Crippen LogP contribution in [0, 0.1) is 17.3 Å². The molecule has 2 aliphatic heterocycles. The Hall–Kier alpha value is -4.64. The zero-order valence-corrected chi connectivity index (χ0v) is 35.0. The van der Waals surface area contributed by atoms with E-state index in [4.69, 9.17) is 19.2 Å². The second-order valence-corrected chi connectivity index (χ2v) is 19.6. The summed E-state index contributed by atoms with van der Waals surface area (Å²) in [6.45, 7) is 8.05. The van der Waals surface area contributed by atoms with Crippen molar-refractivity contribution in [2.45, 2.75) is 120 Å². The highest BCUT2D eigenvalue weighted by Crippen LogP contribution is 2.46. The van der Waals surface area contributed by atoms with Crippen LogP contribution in [0.15, 0.2) is 30.9 Å². The highest BCUT2D eigenvalue weighted by Gasteiger charge is 2.62. The van der Waals surface area contributed by atoms with E-state index in [1.807, 2.05) is 26.0 Å². The van der Waals surface area contributed by atoms with Crippen LogP contribution in [0.2, 0.25) is 0 Å². The predicted octanol–water partition coefficient (Wildman–Crippen LogP) is 3.70. The molecule has 1 aromatic carbocycles. The summed E-state index contributed by atoms with van der Waals surface area (Å²) in [5.74, 6) is -1.17. The van der Waals surface area contributed by atoms with Crippen LogP contribution in [-0.2, 0) is 35.6 Å². The van der Waals surface area contributed by atoms with Crippen molar-refractivity contribution in [2.75, 3.05) is 38.7 Å². The topological polar surface area (TPSA) is 215 Å². The number of pyridine rings is 1. The number of cyclic esters (lactones) is 1. The third kappa shape index (κ3) is 9.40. The number of rotatable bonds is 11. The fraction of sp³-hybridized carbons (Fsp3) is 0.643. The molecule has 3 heterocycles. The molecule has 3 saturated carbocycles. The first kappa shape index (κ1) is 42.5. The van der Waals surface area contributed by atoms with E-state index in [0.29, 0.717) is 60.3 Å². The lowest BCUT2D eigenvalue weighted by molar-refractivity contribution is -0.142. The van der Waals surface area contributed by atoms with Gasteiger partial charge in [0.2, 0.25) is 21.8 Å². The third-order valence-electron chi connectivity index (χ3n) is 12.5.